The van der Waals surface area contributed by atoms with Crippen molar-refractivity contribution in [2.24, 2.45) is 0 Å². The number of benzene rings is 1. The minimum Gasteiger partial charge on any atom is -0.486 e. The number of thiophene rings is 1. The average molecular weight is 297 g/mol. The molecule has 0 aliphatic carbocycles. The topological polar surface area (TPSA) is 38.7 Å². The Hall–Kier alpha value is -1.23. The summed E-state index contributed by atoms with van der Waals surface area (Å²) in [5.74, 6) is 1.18. The molecule has 1 N–H and O–H groups in total. The molecule has 2 aromatic rings. The monoisotopic (exact) mass is 296 g/mol. The van der Waals surface area contributed by atoms with Crippen molar-refractivity contribution in [3.05, 3.63) is 45.1 Å². The van der Waals surface area contributed by atoms with Gasteiger partial charge in [-0.1, -0.05) is 11.6 Å². The molecule has 1 aromatic carbocycles. The lowest BCUT2D eigenvalue weighted by atomic mass is 10.0. The van der Waals surface area contributed by atoms with Gasteiger partial charge in [0.2, 0.25) is 0 Å². The van der Waals surface area contributed by atoms with Crippen molar-refractivity contribution >= 4 is 22.9 Å². The van der Waals surface area contributed by atoms with E-state index in [1.54, 1.807) is 23.5 Å². The number of hydrogen-bond acceptors (Lipinski definition) is 4. The van der Waals surface area contributed by atoms with E-state index >= 15 is 0 Å². The lowest BCUT2D eigenvalue weighted by Crippen LogP contribution is -2.16. The Morgan fingerprint density at radius 2 is 2.16 bits per heavy atom. The molecule has 1 aliphatic heterocycles. The minimum atomic E-state index is -0.595. The first-order chi connectivity index (χ1) is 9.24. The van der Waals surface area contributed by atoms with Crippen LogP contribution in [0.15, 0.2) is 29.0 Å². The molecule has 0 bridgehead atoms. The molecule has 3 nitrogen and oxygen atoms in total. The first-order valence-electron chi connectivity index (χ1n) is 6.02. The molecule has 0 saturated carbocycles. The van der Waals surface area contributed by atoms with Crippen molar-refractivity contribution in [3.8, 4) is 11.5 Å². The van der Waals surface area contributed by atoms with Crippen LogP contribution in [-0.4, -0.2) is 18.3 Å². The van der Waals surface area contributed by atoms with Gasteiger partial charge in [-0.15, -0.1) is 0 Å². The Morgan fingerprint density at radius 3 is 2.95 bits per heavy atom. The summed E-state index contributed by atoms with van der Waals surface area (Å²) < 4.78 is 11.0. The van der Waals surface area contributed by atoms with Crippen LogP contribution in [0.4, 0.5) is 0 Å². The van der Waals surface area contributed by atoms with Gasteiger partial charge in [0, 0.05) is 6.42 Å². The number of hydrogen-bond donors (Lipinski definition) is 1. The second-order valence-electron chi connectivity index (χ2n) is 4.38. The lowest BCUT2D eigenvalue weighted by molar-refractivity contribution is 0.164. The molecule has 3 rings (SSSR count). The van der Waals surface area contributed by atoms with Crippen LogP contribution in [0.2, 0.25) is 5.02 Å². The molecular weight excluding hydrogens is 284 g/mol. The van der Waals surface area contributed by atoms with E-state index in [0.717, 1.165) is 11.1 Å². The molecule has 1 atom stereocenters. The molecule has 19 heavy (non-hydrogen) atoms. The zero-order chi connectivity index (χ0) is 13.2. The molecule has 100 valence electrons. The van der Waals surface area contributed by atoms with E-state index in [-0.39, 0.29) is 0 Å². The average Bonchev–Trinajstić information content (AvgIpc) is 2.91. The summed E-state index contributed by atoms with van der Waals surface area (Å²) in [7, 11) is 0. The molecule has 0 spiro atoms. The standard InChI is InChI=1S/C14H13ClO3S/c15-11-6-10(7-13-14(11)18-3-2-17-13)12(16)5-9-1-4-19-8-9/h1,4,6-8,12,16H,2-3,5H2. The largest absolute Gasteiger partial charge is 0.486 e. The number of rotatable bonds is 3. The van der Waals surface area contributed by atoms with Gasteiger partial charge in [-0.25, -0.2) is 0 Å². The fourth-order valence-electron chi connectivity index (χ4n) is 2.07. The van der Waals surface area contributed by atoms with E-state index in [9.17, 15) is 5.11 Å². The summed E-state index contributed by atoms with van der Waals surface area (Å²) in [5.41, 5.74) is 1.86. The zero-order valence-electron chi connectivity index (χ0n) is 10.1. The molecule has 1 aromatic heterocycles. The molecule has 0 amide bonds. The van der Waals surface area contributed by atoms with E-state index in [2.05, 4.69) is 0 Å². The maximum absolute atomic E-state index is 10.3. The predicted octanol–water partition coefficient (Wildman–Crippen LogP) is 3.45. The quantitative estimate of drug-likeness (QED) is 0.943. The van der Waals surface area contributed by atoms with E-state index in [0.29, 0.717) is 36.2 Å². The molecule has 0 saturated heterocycles. The number of aliphatic hydroxyl groups excluding tert-OH is 1. The smallest absolute Gasteiger partial charge is 0.179 e. The van der Waals surface area contributed by atoms with Crippen molar-refractivity contribution in [2.75, 3.05) is 13.2 Å². The Balaban J connectivity index is 1.86. The summed E-state index contributed by atoms with van der Waals surface area (Å²) >= 11 is 7.78. The third-order valence-electron chi connectivity index (χ3n) is 3.01. The third-order valence-corrected chi connectivity index (χ3v) is 4.03. The second-order valence-corrected chi connectivity index (χ2v) is 5.57. The molecule has 2 heterocycles. The lowest BCUT2D eigenvalue weighted by Gasteiger charge is -2.21. The summed E-state index contributed by atoms with van der Waals surface area (Å²) in [6, 6.07) is 5.55. The van der Waals surface area contributed by atoms with Crippen LogP contribution in [0.1, 0.15) is 17.2 Å². The second kappa shape index (κ2) is 5.41. The highest BCUT2D eigenvalue weighted by Gasteiger charge is 2.19. The maximum atomic E-state index is 10.3. The summed E-state index contributed by atoms with van der Waals surface area (Å²) in [4.78, 5) is 0. The van der Waals surface area contributed by atoms with Gasteiger partial charge in [-0.2, -0.15) is 11.3 Å². The van der Waals surface area contributed by atoms with Gasteiger partial charge in [-0.05, 0) is 40.1 Å². The Morgan fingerprint density at radius 1 is 1.32 bits per heavy atom. The van der Waals surface area contributed by atoms with Crippen molar-refractivity contribution in [3.63, 3.8) is 0 Å². The molecule has 1 unspecified atom stereocenters. The predicted molar refractivity (Wildman–Crippen MR) is 75.4 cm³/mol. The first-order valence-corrected chi connectivity index (χ1v) is 7.34. The van der Waals surface area contributed by atoms with Crippen molar-refractivity contribution < 1.29 is 14.6 Å². The Bertz CT molecular complexity index is 568. The summed E-state index contributed by atoms with van der Waals surface area (Å²) in [6.45, 7) is 1.01. The highest BCUT2D eigenvalue weighted by Crippen LogP contribution is 2.40. The van der Waals surface area contributed by atoms with Crippen LogP contribution in [0, 0.1) is 0 Å². The van der Waals surface area contributed by atoms with E-state index in [1.807, 2.05) is 16.8 Å². The van der Waals surface area contributed by atoms with Crippen molar-refractivity contribution in [1.82, 2.24) is 0 Å². The SMILES string of the molecule is OC(Cc1ccsc1)c1cc(Cl)c2c(c1)OCCO2. The highest BCUT2D eigenvalue weighted by atomic mass is 35.5. The molecule has 0 radical (unpaired) electrons. The summed E-state index contributed by atoms with van der Waals surface area (Å²) in [6.07, 6.45) is -0.0256. The summed E-state index contributed by atoms with van der Waals surface area (Å²) in [5, 5.41) is 14.8. The van der Waals surface area contributed by atoms with Gasteiger partial charge < -0.3 is 14.6 Å². The number of aliphatic hydroxyl groups is 1. The van der Waals surface area contributed by atoms with E-state index in [1.165, 1.54) is 0 Å². The van der Waals surface area contributed by atoms with Crippen LogP contribution in [0.3, 0.4) is 0 Å². The van der Waals surface area contributed by atoms with Gasteiger partial charge in [-0.3, -0.25) is 0 Å². The highest BCUT2D eigenvalue weighted by molar-refractivity contribution is 7.07. The van der Waals surface area contributed by atoms with Gasteiger partial charge >= 0.3 is 0 Å². The first kappa shape index (κ1) is 12.8. The minimum absolute atomic E-state index is 0.483. The number of fused-ring (bicyclic) bond motifs is 1. The zero-order valence-corrected chi connectivity index (χ0v) is 11.7. The van der Waals surface area contributed by atoms with Gasteiger partial charge in [0.15, 0.2) is 11.5 Å². The molecule has 0 fully saturated rings. The van der Waals surface area contributed by atoms with Gasteiger partial charge in [0.1, 0.15) is 13.2 Å². The van der Waals surface area contributed by atoms with Crippen molar-refractivity contribution in [2.45, 2.75) is 12.5 Å². The van der Waals surface area contributed by atoms with E-state index in [4.69, 9.17) is 21.1 Å². The fourth-order valence-corrected chi connectivity index (χ4v) is 3.03. The van der Waals surface area contributed by atoms with Crippen LogP contribution < -0.4 is 9.47 Å². The normalized spacial score (nSPS) is 15.3. The number of halogens is 1. The Kier molecular flexibility index (Phi) is 3.64. The molecule has 5 heteroatoms. The fraction of sp³-hybridized carbons (Fsp3) is 0.286. The van der Waals surface area contributed by atoms with E-state index < -0.39 is 6.10 Å². The van der Waals surface area contributed by atoms with Crippen molar-refractivity contribution in [1.29, 1.82) is 0 Å². The third kappa shape index (κ3) is 2.71. The van der Waals surface area contributed by atoms with Gasteiger partial charge in [0.25, 0.3) is 0 Å². The van der Waals surface area contributed by atoms with Crippen LogP contribution in [-0.2, 0) is 6.42 Å². The Labute approximate surface area is 120 Å². The maximum Gasteiger partial charge on any atom is 0.179 e. The molecular formula is C14H13ClO3S. The van der Waals surface area contributed by atoms with Crippen LogP contribution >= 0.6 is 22.9 Å². The van der Waals surface area contributed by atoms with Crippen LogP contribution in [0.25, 0.3) is 0 Å². The van der Waals surface area contributed by atoms with Crippen LogP contribution in [0.5, 0.6) is 11.5 Å². The van der Waals surface area contributed by atoms with Gasteiger partial charge in [0.05, 0.1) is 11.1 Å². The molecule has 1 aliphatic rings. The number of ether oxygens (including phenoxy) is 2.